The smallest absolute Gasteiger partial charge is 0.408 e. The van der Waals surface area contributed by atoms with Gasteiger partial charge in [0.1, 0.15) is 60.7 Å². The van der Waals surface area contributed by atoms with Gasteiger partial charge in [0.05, 0.1) is 23.9 Å². The zero-order valence-electron chi connectivity index (χ0n) is 86.2. The van der Waals surface area contributed by atoms with Crippen molar-refractivity contribution in [1.82, 2.24) is 72.3 Å². The number of hydrogen-bond acceptors (Lipinski definition) is 20. The molecule has 6 aliphatic rings. The topological polar surface area (TPSA) is 398 Å². The molecule has 4 aromatic rings. The van der Waals surface area contributed by atoms with Crippen LogP contribution in [0.2, 0.25) is 0 Å². The SMILES string of the molecule is CC(C)C[C@@H](/C=C/[C@H](Cc1ccccc1)C(=O)N1CCC[C@H]1C(=O)N1CCC[C@H]1C(=O)N[C@@H](CCCNC(=O)OCc1ccccc1)C(=O)NC1CC(C)(C)N(O)C(C)(C)C1)NC(=O)OC(C)(C)C.CC(C)C[C@@H](/C=C/[C@H](Cc1ccccc1)C(=O)N1CCC[C@H]1C(=O)N1CCC[C@H]1C(=O)N[C@@H](CCCNC(=O)OCc1ccccc1)C(=O)NC1CC(C)(C)N(O)C(C)(C)C1)NC(=O)OC(C)(C)C.CI. The normalized spacial score (nSPS) is 20.5. The summed E-state index contributed by atoms with van der Waals surface area (Å²) in [6.45, 7) is 36.3. The highest BCUT2D eigenvalue weighted by molar-refractivity contribution is 14.1. The Labute approximate surface area is 844 Å². The summed E-state index contributed by atoms with van der Waals surface area (Å²) < 4.78 is 21.8. The number of carbonyl (C=O) groups is 12. The molecule has 4 aromatic carbocycles. The quantitative estimate of drug-likeness (QED) is 0.00655. The Bertz CT molecular complexity index is 4410. The number of nitrogens with zero attached hydrogens (tertiary/aromatic N) is 6. The van der Waals surface area contributed by atoms with Crippen LogP contribution in [0.3, 0.4) is 0 Å². The molecule has 0 aliphatic carbocycles. The second kappa shape index (κ2) is 53.7. The van der Waals surface area contributed by atoms with Gasteiger partial charge in [-0.05, 0) is 264 Å². The molecule has 6 saturated heterocycles. The molecule has 6 heterocycles. The Morgan fingerprint density at radius 2 is 0.700 bits per heavy atom. The summed E-state index contributed by atoms with van der Waals surface area (Å²) in [5.74, 6) is -3.55. The Morgan fingerprint density at radius 3 is 1.00 bits per heavy atom. The third-order valence-electron chi connectivity index (χ3n) is 26.1. The number of amides is 12. The number of ether oxygens (including phenoxy) is 4. The number of carbonyl (C=O) groups excluding carboxylic acids is 12. The van der Waals surface area contributed by atoms with Gasteiger partial charge in [0.25, 0.3) is 0 Å². The van der Waals surface area contributed by atoms with Crippen LogP contribution in [0.5, 0.6) is 0 Å². The monoisotopic (exact) mass is 2060 g/mol. The highest BCUT2D eigenvalue weighted by Crippen LogP contribution is 2.40. The van der Waals surface area contributed by atoms with Gasteiger partial charge in [-0.2, -0.15) is 10.1 Å². The Hall–Kier alpha value is -10.2. The van der Waals surface area contributed by atoms with Crippen molar-refractivity contribution in [3.8, 4) is 0 Å². The summed E-state index contributed by atoms with van der Waals surface area (Å²) in [5.41, 5.74) is -0.295. The molecule has 12 amide bonds. The molecular weight excluding hydrogens is 1900 g/mol. The third-order valence-corrected chi connectivity index (χ3v) is 26.1. The second-order valence-corrected chi connectivity index (χ2v) is 43.4. The van der Waals surface area contributed by atoms with Crippen LogP contribution in [0.15, 0.2) is 146 Å². The van der Waals surface area contributed by atoms with E-state index in [4.69, 9.17) is 18.9 Å². The number of rotatable bonds is 38. The van der Waals surface area contributed by atoms with Gasteiger partial charge < -0.3 is 91.5 Å². The van der Waals surface area contributed by atoms with Crippen molar-refractivity contribution < 1.29 is 86.9 Å². The van der Waals surface area contributed by atoms with Gasteiger partial charge in [0.15, 0.2) is 0 Å². The fraction of sp³-hybridized carbons (Fsp3) is 0.626. The van der Waals surface area contributed by atoms with Gasteiger partial charge in [-0.25, -0.2) is 19.2 Å². The minimum Gasteiger partial charge on any atom is -0.445 e. The van der Waals surface area contributed by atoms with Crippen molar-refractivity contribution >= 4 is 94.2 Å². The Morgan fingerprint density at radius 1 is 0.407 bits per heavy atom. The van der Waals surface area contributed by atoms with Crippen LogP contribution in [-0.2, 0) is 83.4 Å². The second-order valence-electron chi connectivity index (χ2n) is 43.4. The van der Waals surface area contributed by atoms with Crippen LogP contribution in [0, 0.1) is 23.7 Å². The first-order valence-electron chi connectivity index (χ1n) is 50.2. The van der Waals surface area contributed by atoms with Crippen LogP contribution >= 0.6 is 22.6 Å². The molecule has 10 atom stereocenters. The molecule has 0 saturated carbocycles. The minimum atomic E-state index is -0.991. The molecule has 0 aromatic heterocycles. The zero-order valence-corrected chi connectivity index (χ0v) is 88.4. The number of benzene rings is 4. The van der Waals surface area contributed by atoms with Crippen molar-refractivity contribution in [1.29, 1.82) is 0 Å². The van der Waals surface area contributed by atoms with Gasteiger partial charge in [-0.1, -0.05) is 196 Å². The van der Waals surface area contributed by atoms with E-state index < -0.39 is 142 Å². The molecule has 0 bridgehead atoms. The molecule has 774 valence electrons. The lowest BCUT2D eigenvalue weighted by molar-refractivity contribution is -0.246. The lowest BCUT2D eigenvalue weighted by atomic mass is 9.79. The van der Waals surface area contributed by atoms with E-state index in [1.165, 1.54) is 10.1 Å². The summed E-state index contributed by atoms with van der Waals surface area (Å²) >= 11 is 2.15. The number of nitrogens with one attached hydrogen (secondary N) is 8. The first kappa shape index (κ1) is 115. The number of piperidine rings is 2. The predicted molar refractivity (Wildman–Crippen MR) is 547 cm³/mol. The largest absolute Gasteiger partial charge is 0.445 e. The number of hydrogen-bond donors (Lipinski definition) is 10. The predicted octanol–water partition coefficient (Wildman–Crippen LogP) is 15.1. The van der Waals surface area contributed by atoms with Gasteiger partial charge in [-0.15, -0.1) is 0 Å². The molecule has 0 spiro atoms. The average Bonchev–Trinajstić information content (AvgIpc) is 0.838. The first-order chi connectivity index (χ1) is 66.0. The highest BCUT2D eigenvalue weighted by Gasteiger charge is 2.50. The lowest BCUT2D eigenvalue weighted by Gasteiger charge is -2.51. The van der Waals surface area contributed by atoms with E-state index in [0.717, 1.165) is 22.3 Å². The van der Waals surface area contributed by atoms with E-state index in [1.807, 2.05) is 206 Å². The van der Waals surface area contributed by atoms with Crippen molar-refractivity contribution in [3.05, 3.63) is 168 Å². The van der Waals surface area contributed by atoms with Gasteiger partial charge in [0.2, 0.25) is 47.3 Å². The van der Waals surface area contributed by atoms with E-state index in [1.54, 1.807) is 61.1 Å². The number of alkyl carbamates (subject to hydrolysis) is 4. The zero-order chi connectivity index (χ0) is 103. The average molecular weight is 2060 g/mol. The van der Waals surface area contributed by atoms with E-state index in [0.29, 0.717) is 142 Å². The maximum absolute atomic E-state index is 14.7. The van der Waals surface area contributed by atoms with Gasteiger partial charge in [0, 0.05) is 73.5 Å². The van der Waals surface area contributed by atoms with E-state index in [2.05, 4.69) is 92.8 Å². The molecule has 10 rings (SSSR count). The summed E-state index contributed by atoms with van der Waals surface area (Å²) in [5, 5.41) is 48.1. The van der Waals surface area contributed by atoms with Crippen molar-refractivity contribution in [2.24, 2.45) is 23.7 Å². The Balaban J connectivity index is 0.000000337. The van der Waals surface area contributed by atoms with Crippen LogP contribution < -0.4 is 42.5 Å². The van der Waals surface area contributed by atoms with Crippen molar-refractivity contribution in [2.45, 2.75) is 360 Å². The maximum Gasteiger partial charge on any atom is 0.408 e. The first-order valence-corrected chi connectivity index (χ1v) is 52.3. The lowest BCUT2D eigenvalue weighted by Crippen LogP contribution is -2.64. The number of alkyl halides is 1. The van der Waals surface area contributed by atoms with Crippen LogP contribution in [0.4, 0.5) is 19.2 Å². The highest BCUT2D eigenvalue weighted by atomic mass is 127. The molecular formula is C107H161IN14O18. The number of halogens is 1. The van der Waals surface area contributed by atoms with Crippen molar-refractivity contribution in [3.63, 3.8) is 0 Å². The van der Waals surface area contributed by atoms with Crippen molar-refractivity contribution in [2.75, 3.05) is 44.2 Å². The molecule has 6 aliphatic heterocycles. The standard InChI is InChI=1S/2C53H79N7O9.CH3I/c2*1-36(2)31-40(56-50(66)69-51(3,4)5)27-26-39(32-37-19-12-10-13-20-37)47(63)59-30-18-25-44(59)48(64)58-29-17-24-43(58)46(62)57-42(23-16-28-54-49(65)68-35-38-21-14-11-15-22-38)45(61)55-41-33-52(6,7)60(67)53(8,9)34-41;1-2/h2*10-15,19-22,26-27,36,39-44,67H,16-18,23-25,28-35H2,1-9H3,(H,54,65)(H,55,61)(H,56,66)(H,57,62);1H3/b2*27-26+;/t2*39-,40-,42+,43+,44+;/m11./s1. The number of likely N-dealkylation sites (tertiary alicyclic amines) is 4. The molecule has 6 fully saturated rings. The van der Waals surface area contributed by atoms with E-state index >= 15 is 0 Å². The fourth-order valence-corrected chi connectivity index (χ4v) is 20.0. The molecule has 32 nitrogen and oxygen atoms in total. The number of hydroxylamine groups is 4. The summed E-state index contributed by atoms with van der Waals surface area (Å²) in [6, 6.07) is 31.3. The van der Waals surface area contributed by atoms with Crippen LogP contribution in [0.1, 0.15) is 262 Å². The van der Waals surface area contributed by atoms with E-state index in [-0.39, 0.29) is 86.7 Å². The Kier molecular flexibility index (Phi) is 44.2. The molecule has 140 heavy (non-hydrogen) atoms. The molecule has 0 unspecified atom stereocenters. The van der Waals surface area contributed by atoms with Crippen LogP contribution in [0.25, 0.3) is 0 Å². The molecule has 10 N–H and O–H groups in total. The van der Waals surface area contributed by atoms with Gasteiger partial charge in [-0.3, -0.25) is 38.4 Å². The van der Waals surface area contributed by atoms with E-state index in [9.17, 15) is 67.9 Å². The van der Waals surface area contributed by atoms with Gasteiger partial charge >= 0.3 is 24.4 Å². The van der Waals surface area contributed by atoms with Crippen LogP contribution in [-0.4, -0.2) is 250 Å². The summed E-state index contributed by atoms with van der Waals surface area (Å²) in [7, 11) is 0. The molecule has 33 heteroatoms. The molecule has 0 radical (unpaired) electrons. The summed E-state index contributed by atoms with van der Waals surface area (Å²) in [4.78, 5) is 175. The maximum atomic E-state index is 14.7. The fourth-order valence-electron chi connectivity index (χ4n) is 20.0. The third kappa shape index (κ3) is 36.3. The minimum absolute atomic E-state index is 0.107. The summed E-state index contributed by atoms with van der Waals surface area (Å²) in [6.07, 6.45) is 14.1.